The topological polar surface area (TPSA) is 64.1 Å². The van der Waals surface area contributed by atoms with Crippen molar-refractivity contribution >= 4 is 11.8 Å². The largest absolute Gasteiger partial charge is 0.464 e. The summed E-state index contributed by atoms with van der Waals surface area (Å²) in [4.78, 5) is 19.2. The summed E-state index contributed by atoms with van der Waals surface area (Å²) in [6.45, 7) is 4.27. The van der Waals surface area contributed by atoms with Gasteiger partial charge in [-0.15, -0.1) is 0 Å². The van der Waals surface area contributed by atoms with Gasteiger partial charge in [0.15, 0.2) is 5.69 Å². The molecule has 0 fully saturated rings. The molecule has 0 saturated heterocycles. The molecule has 1 rings (SSSR count). The van der Waals surface area contributed by atoms with Crippen LogP contribution in [0.2, 0.25) is 0 Å². The molecule has 0 amide bonds. The fourth-order valence-corrected chi connectivity index (χ4v) is 1.45. The monoisotopic (exact) mass is 237 g/mol. The van der Waals surface area contributed by atoms with Crippen molar-refractivity contribution in [1.82, 2.24) is 9.97 Å². The molecule has 1 unspecified atom stereocenters. The Hall–Kier alpha value is -1.65. The van der Waals surface area contributed by atoms with Crippen LogP contribution in [0.4, 0.5) is 5.82 Å². The van der Waals surface area contributed by atoms with Crippen molar-refractivity contribution in [3.05, 3.63) is 18.1 Å². The van der Waals surface area contributed by atoms with Gasteiger partial charge >= 0.3 is 5.97 Å². The Labute approximate surface area is 102 Å². The number of anilines is 1. The molecule has 0 radical (unpaired) electrons. The van der Waals surface area contributed by atoms with E-state index in [1.807, 2.05) is 0 Å². The number of nitrogens with one attached hydrogen (secondary N) is 1. The van der Waals surface area contributed by atoms with Crippen LogP contribution >= 0.6 is 0 Å². The van der Waals surface area contributed by atoms with Crippen LogP contribution in [0, 0.1) is 0 Å². The minimum atomic E-state index is -0.469. The van der Waals surface area contributed by atoms with Gasteiger partial charge in [0, 0.05) is 6.04 Å². The minimum absolute atomic E-state index is 0.222. The van der Waals surface area contributed by atoms with Crippen LogP contribution in [0.5, 0.6) is 0 Å². The van der Waals surface area contributed by atoms with Crippen molar-refractivity contribution < 1.29 is 9.53 Å². The van der Waals surface area contributed by atoms with E-state index in [4.69, 9.17) is 0 Å². The zero-order chi connectivity index (χ0) is 12.7. The van der Waals surface area contributed by atoms with Gasteiger partial charge in [-0.25, -0.2) is 14.8 Å². The first-order valence-corrected chi connectivity index (χ1v) is 5.84. The highest BCUT2D eigenvalue weighted by Gasteiger charge is 2.08. The Bertz CT molecular complexity index is 351. The number of nitrogens with zero attached hydrogens (tertiary/aromatic N) is 2. The molecule has 5 heteroatoms. The summed E-state index contributed by atoms with van der Waals surface area (Å²) in [5, 5.41) is 3.24. The van der Waals surface area contributed by atoms with Crippen LogP contribution in [0.1, 0.15) is 43.6 Å². The Morgan fingerprint density at radius 1 is 1.47 bits per heavy atom. The van der Waals surface area contributed by atoms with Gasteiger partial charge in [0.2, 0.25) is 0 Å². The first kappa shape index (κ1) is 13.4. The van der Waals surface area contributed by atoms with Crippen LogP contribution in [0.15, 0.2) is 12.4 Å². The van der Waals surface area contributed by atoms with Crippen molar-refractivity contribution in [3.8, 4) is 0 Å². The number of rotatable bonds is 6. The van der Waals surface area contributed by atoms with Crippen molar-refractivity contribution in [2.45, 2.75) is 39.2 Å². The standard InChI is InChI=1S/C12H19N3O2/c1-4-5-6-9(2)15-11-8-13-10(7-14-11)12(16)17-3/h7-9H,4-6H2,1-3H3,(H,14,15). The Morgan fingerprint density at radius 3 is 2.76 bits per heavy atom. The molecular formula is C12H19N3O2. The number of ether oxygens (including phenoxy) is 1. The number of hydrogen-bond donors (Lipinski definition) is 1. The number of carbonyl (C=O) groups excluding carboxylic acids is 1. The molecule has 1 aromatic rings. The van der Waals surface area contributed by atoms with E-state index in [1.165, 1.54) is 26.1 Å². The van der Waals surface area contributed by atoms with Gasteiger partial charge in [0.25, 0.3) is 0 Å². The smallest absolute Gasteiger partial charge is 0.358 e. The maximum Gasteiger partial charge on any atom is 0.358 e. The summed E-state index contributed by atoms with van der Waals surface area (Å²) in [6, 6.07) is 0.355. The summed E-state index contributed by atoms with van der Waals surface area (Å²) >= 11 is 0. The van der Waals surface area contributed by atoms with E-state index < -0.39 is 5.97 Å². The molecule has 94 valence electrons. The normalized spacial score (nSPS) is 11.9. The molecule has 1 heterocycles. The SMILES string of the molecule is CCCCC(C)Nc1cnc(C(=O)OC)cn1. The van der Waals surface area contributed by atoms with Crippen LogP contribution in [-0.2, 0) is 4.74 Å². The maximum absolute atomic E-state index is 11.1. The first-order chi connectivity index (χ1) is 8.17. The molecule has 0 aliphatic rings. The first-order valence-electron chi connectivity index (χ1n) is 5.84. The number of aromatic nitrogens is 2. The Kier molecular flexibility index (Phi) is 5.39. The molecule has 1 aromatic heterocycles. The molecule has 0 bridgehead atoms. The average Bonchev–Trinajstić information content (AvgIpc) is 2.36. The lowest BCUT2D eigenvalue weighted by atomic mass is 10.1. The average molecular weight is 237 g/mol. The fraction of sp³-hybridized carbons (Fsp3) is 0.583. The van der Waals surface area contributed by atoms with E-state index in [2.05, 4.69) is 33.9 Å². The molecular weight excluding hydrogens is 218 g/mol. The summed E-state index contributed by atoms with van der Waals surface area (Å²) in [7, 11) is 1.32. The molecule has 1 atom stereocenters. The van der Waals surface area contributed by atoms with Gasteiger partial charge in [0.05, 0.1) is 19.5 Å². The second-order valence-corrected chi connectivity index (χ2v) is 3.97. The van der Waals surface area contributed by atoms with E-state index in [0.29, 0.717) is 11.9 Å². The fourth-order valence-electron chi connectivity index (χ4n) is 1.45. The number of unbranched alkanes of at least 4 members (excludes halogenated alkanes) is 1. The van der Waals surface area contributed by atoms with E-state index in [-0.39, 0.29) is 5.69 Å². The number of methoxy groups -OCH3 is 1. The summed E-state index contributed by atoms with van der Waals surface area (Å²) < 4.78 is 4.55. The molecule has 0 aliphatic carbocycles. The third-order valence-electron chi connectivity index (χ3n) is 2.43. The molecule has 0 saturated carbocycles. The van der Waals surface area contributed by atoms with Crippen LogP contribution in [0.25, 0.3) is 0 Å². The van der Waals surface area contributed by atoms with Crippen molar-refractivity contribution in [2.75, 3.05) is 12.4 Å². The highest BCUT2D eigenvalue weighted by molar-refractivity contribution is 5.86. The van der Waals surface area contributed by atoms with E-state index in [9.17, 15) is 4.79 Å². The van der Waals surface area contributed by atoms with Gasteiger partial charge in [0.1, 0.15) is 5.82 Å². The van der Waals surface area contributed by atoms with Gasteiger partial charge < -0.3 is 10.1 Å². The Balaban J connectivity index is 2.53. The zero-order valence-corrected chi connectivity index (χ0v) is 10.6. The maximum atomic E-state index is 11.1. The highest BCUT2D eigenvalue weighted by Crippen LogP contribution is 2.08. The molecule has 1 N–H and O–H groups in total. The zero-order valence-electron chi connectivity index (χ0n) is 10.6. The number of esters is 1. The molecule has 5 nitrogen and oxygen atoms in total. The van der Waals surface area contributed by atoms with Gasteiger partial charge in [-0.2, -0.15) is 0 Å². The second kappa shape index (κ2) is 6.83. The molecule has 17 heavy (non-hydrogen) atoms. The van der Waals surface area contributed by atoms with Gasteiger partial charge in [-0.1, -0.05) is 19.8 Å². The summed E-state index contributed by atoms with van der Waals surface area (Å²) in [5.41, 5.74) is 0.222. The van der Waals surface area contributed by atoms with E-state index in [1.54, 1.807) is 6.20 Å². The third kappa shape index (κ3) is 4.38. The van der Waals surface area contributed by atoms with Gasteiger partial charge in [-0.3, -0.25) is 0 Å². The minimum Gasteiger partial charge on any atom is -0.464 e. The molecule has 0 aromatic carbocycles. The predicted octanol–water partition coefficient (Wildman–Crippen LogP) is 2.25. The van der Waals surface area contributed by atoms with Crippen molar-refractivity contribution in [1.29, 1.82) is 0 Å². The quantitative estimate of drug-likeness (QED) is 0.769. The molecule has 0 spiro atoms. The summed E-state index contributed by atoms with van der Waals surface area (Å²) in [6.07, 6.45) is 6.42. The lowest BCUT2D eigenvalue weighted by Gasteiger charge is -2.13. The van der Waals surface area contributed by atoms with Crippen LogP contribution < -0.4 is 5.32 Å². The van der Waals surface area contributed by atoms with Gasteiger partial charge in [-0.05, 0) is 13.3 Å². The van der Waals surface area contributed by atoms with Crippen LogP contribution in [-0.4, -0.2) is 29.1 Å². The van der Waals surface area contributed by atoms with E-state index in [0.717, 1.165) is 6.42 Å². The highest BCUT2D eigenvalue weighted by atomic mass is 16.5. The number of hydrogen-bond acceptors (Lipinski definition) is 5. The Morgan fingerprint density at radius 2 is 2.24 bits per heavy atom. The predicted molar refractivity (Wildman–Crippen MR) is 66.0 cm³/mol. The third-order valence-corrected chi connectivity index (χ3v) is 2.43. The van der Waals surface area contributed by atoms with Crippen LogP contribution in [0.3, 0.4) is 0 Å². The summed E-state index contributed by atoms with van der Waals surface area (Å²) in [5.74, 6) is 0.212. The second-order valence-electron chi connectivity index (χ2n) is 3.97. The lowest BCUT2D eigenvalue weighted by molar-refractivity contribution is 0.0593. The van der Waals surface area contributed by atoms with Crippen molar-refractivity contribution in [3.63, 3.8) is 0 Å². The van der Waals surface area contributed by atoms with Crippen molar-refractivity contribution in [2.24, 2.45) is 0 Å². The number of carbonyl (C=O) groups is 1. The van der Waals surface area contributed by atoms with E-state index >= 15 is 0 Å². The molecule has 0 aliphatic heterocycles. The lowest BCUT2D eigenvalue weighted by Crippen LogP contribution is -2.16.